The molecule has 1 amide bonds. The Bertz CT molecular complexity index is 354. The number of ether oxygens (including phenoxy) is 2. The summed E-state index contributed by atoms with van der Waals surface area (Å²) >= 11 is 0. The minimum atomic E-state index is -0.921. The van der Waals surface area contributed by atoms with Gasteiger partial charge in [0.2, 0.25) is 0 Å². The minimum Gasteiger partial charge on any atom is -0.481 e. The van der Waals surface area contributed by atoms with Gasteiger partial charge in [0.25, 0.3) is 0 Å². The predicted molar refractivity (Wildman–Crippen MR) is 64.8 cm³/mol. The second kappa shape index (κ2) is 4.93. The van der Waals surface area contributed by atoms with Gasteiger partial charge in [-0.15, -0.1) is 12.4 Å². The number of carbonyl (C=O) groups is 2. The van der Waals surface area contributed by atoms with Gasteiger partial charge in [-0.05, 0) is 20.8 Å². The summed E-state index contributed by atoms with van der Waals surface area (Å²) in [4.78, 5) is 24.3. The Kier molecular flexibility index (Phi) is 4.12. The van der Waals surface area contributed by atoms with Crippen molar-refractivity contribution in [2.45, 2.75) is 38.5 Å². The lowest BCUT2D eigenvalue weighted by molar-refractivity contribution is -0.139. The lowest BCUT2D eigenvalue weighted by Crippen LogP contribution is -2.44. The molecular formula is C11H18ClNO5. The summed E-state index contributed by atoms with van der Waals surface area (Å²) < 4.78 is 10.5. The maximum absolute atomic E-state index is 11.9. The van der Waals surface area contributed by atoms with Crippen LogP contribution in [0.5, 0.6) is 0 Å². The fraction of sp³-hybridized carbons (Fsp3) is 0.818. The highest BCUT2D eigenvalue weighted by Crippen LogP contribution is 2.42. The molecule has 0 aromatic heterocycles. The molecule has 1 aliphatic heterocycles. The lowest BCUT2D eigenvalue weighted by atomic mass is 10.2. The van der Waals surface area contributed by atoms with Crippen molar-refractivity contribution in [1.29, 1.82) is 0 Å². The van der Waals surface area contributed by atoms with Crippen LogP contribution in [0.1, 0.15) is 20.8 Å². The molecule has 7 heteroatoms. The van der Waals surface area contributed by atoms with Gasteiger partial charge in [-0.2, -0.15) is 0 Å². The second-order valence-corrected chi connectivity index (χ2v) is 5.36. The van der Waals surface area contributed by atoms with Crippen LogP contribution in [-0.2, 0) is 14.3 Å². The molecule has 0 spiro atoms. The molecule has 0 unspecified atom stereocenters. The molecule has 18 heavy (non-hydrogen) atoms. The Hall–Kier alpha value is -1.01. The maximum Gasteiger partial charge on any atom is 0.410 e. The van der Waals surface area contributed by atoms with Gasteiger partial charge >= 0.3 is 12.1 Å². The molecule has 0 aromatic carbocycles. The summed E-state index contributed by atoms with van der Waals surface area (Å²) in [5.41, 5.74) is -0.571. The zero-order valence-corrected chi connectivity index (χ0v) is 11.4. The van der Waals surface area contributed by atoms with E-state index in [1.54, 1.807) is 20.8 Å². The number of carboxylic acid groups (broad SMARTS) is 1. The first kappa shape index (κ1) is 15.0. The van der Waals surface area contributed by atoms with Crippen molar-refractivity contribution in [3.05, 3.63) is 0 Å². The van der Waals surface area contributed by atoms with E-state index in [1.807, 2.05) is 0 Å². The molecule has 2 aliphatic rings. The zero-order valence-electron chi connectivity index (χ0n) is 10.6. The van der Waals surface area contributed by atoms with Crippen LogP contribution < -0.4 is 0 Å². The summed E-state index contributed by atoms with van der Waals surface area (Å²) in [6, 6.07) is -0.365. The normalized spacial score (nSPS) is 29.9. The third-order valence-corrected chi connectivity index (χ3v) is 2.83. The summed E-state index contributed by atoms with van der Waals surface area (Å²) in [7, 11) is 0. The van der Waals surface area contributed by atoms with Crippen molar-refractivity contribution in [2.24, 2.45) is 5.92 Å². The van der Waals surface area contributed by atoms with Crippen LogP contribution in [0.2, 0.25) is 0 Å². The first-order valence-electron chi connectivity index (χ1n) is 5.65. The van der Waals surface area contributed by atoms with E-state index in [9.17, 15) is 9.59 Å². The van der Waals surface area contributed by atoms with E-state index < -0.39 is 23.6 Å². The summed E-state index contributed by atoms with van der Waals surface area (Å²) in [5.74, 6) is -1.53. The Balaban J connectivity index is 0.00000162. The molecule has 1 saturated heterocycles. The summed E-state index contributed by atoms with van der Waals surface area (Å²) in [6.07, 6.45) is -0.826. The van der Waals surface area contributed by atoms with Crippen molar-refractivity contribution in [1.82, 2.24) is 4.90 Å². The van der Waals surface area contributed by atoms with E-state index in [4.69, 9.17) is 14.6 Å². The average Bonchev–Trinajstić information content (AvgIpc) is 2.87. The largest absolute Gasteiger partial charge is 0.481 e. The van der Waals surface area contributed by atoms with Gasteiger partial charge in [0.05, 0.1) is 18.8 Å². The lowest BCUT2D eigenvalue weighted by Gasteiger charge is -2.29. The molecule has 2 rings (SSSR count). The van der Waals surface area contributed by atoms with Crippen LogP contribution in [-0.4, -0.2) is 53.0 Å². The number of carboxylic acids is 1. The fourth-order valence-corrected chi connectivity index (χ4v) is 2.10. The zero-order chi connectivity index (χ0) is 12.8. The van der Waals surface area contributed by atoms with E-state index in [0.29, 0.717) is 13.2 Å². The topological polar surface area (TPSA) is 76.1 Å². The molecule has 6 nitrogen and oxygen atoms in total. The van der Waals surface area contributed by atoms with Gasteiger partial charge in [-0.1, -0.05) is 0 Å². The van der Waals surface area contributed by atoms with Gasteiger partial charge < -0.3 is 14.6 Å². The molecule has 2 fully saturated rings. The highest BCUT2D eigenvalue weighted by Gasteiger charge is 2.63. The molecule has 0 radical (unpaired) electrons. The number of nitrogens with zero attached hydrogens (tertiary/aromatic N) is 1. The van der Waals surface area contributed by atoms with Crippen LogP contribution in [0.4, 0.5) is 4.79 Å². The molecular weight excluding hydrogens is 262 g/mol. The summed E-state index contributed by atoms with van der Waals surface area (Å²) in [6.45, 7) is 6.10. The first-order valence-corrected chi connectivity index (χ1v) is 5.65. The molecule has 1 N–H and O–H groups in total. The maximum atomic E-state index is 11.9. The number of fused-ring (bicyclic) bond motifs is 1. The van der Waals surface area contributed by atoms with Gasteiger partial charge in [0.1, 0.15) is 11.5 Å². The Labute approximate surface area is 112 Å². The minimum absolute atomic E-state index is 0. The molecule has 0 aromatic rings. The number of morpholine rings is 1. The van der Waals surface area contributed by atoms with Crippen LogP contribution in [0.15, 0.2) is 0 Å². The number of halogens is 1. The number of aliphatic carboxylic acids is 1. The Morgan fingerprint density at radius 1 is 1.39 bits per heavy atom. The van der Waals surface area contributed by atoms with Gasteiger partial charge in [-0.3, -0.25) is 9.69 Å². The molecule has 104 valence electrons. The molecule has 0 bridgehead atoms. The number of carbonyl (C=O) groups excluding carboxylic acids is 1. The van der Waals surface area contributed by atoms with E-state index in [0.717, 1.165) is 0 Å². The van der Waals surface area contributed by atoms with Gasteiger partial charge in [0, 0.05) is 6.54 Å². The molecule has 3 atom stereocenters. The highest BCUT2D eigenvalue weighted by atomic mass is 35.5. The number of hydrogen-bond donors (Lipinski definition) is 1. The quantitative estimate of drug-likeness (QED) is 0.779. The predicted octanol–water partition coefficient (Wildman–Crippen LogP) is 1.13. The van der Waals surface area contributed by atoms with Crippen molar-refractivity contribution in [3.8, 4) is 0 Å². The van der Waals surface area contributed by atoms with Crippen LogP contribution in [0.3, 0.4) is 0 Å². The van der Waals surface area contributed by atoms with E-state index >= 15 is 0 Å². The highest BCUT2D eigenvalue weighted by molar-refractivity contribution is 5.85. The molecule has 1 saturated carbocycles. The smallest absolute Gasteiger partial charge is 0.410 e. The molecule has 1 aliphatic carbocycles. The van der Waals surface area contributed by atoms with Crippen LogP contribution in [0, 0.1) is 5.92 Å². The van der Waals surface area contributed by atoms with Gasteiger partial charge in [-0.25, -0.2) is 4.79 Å². The van der Waals surface area contributed by atoms with Crippen molar-refractivity contribution >= 4 is 24.5 Å². The van der Waals surface area contributed by atoms with Crippen molar-refractivity contribution in [2.75, 3.05) is 13.2 Å². The monoisotopic (exact) mass is 279 g/mol. The number of amides is 1. The van der Waals surface area contributed by atoms with Crippen LogP contribution >= 0.6 is 12.4 Å². The Morgan fingerprint density at radius 2 is 2.00 bits per heavy atom. The van der Waals surface area contributed by atoms with E-state index in [2.05, 4.69) is 0 Å². The second-order valence-electron chi connectivity index (χ2n) is 5.36. The summed E-state index contributed by atoms with van der Waals surface area (Å²) in [5, 5.41) is 8.96. The van der Waals surface area contributed by atoms with E-state index in [-0.39, 0.29) is 24.6 Å². The van der Waals surface area contributed by atoms with Crippen LogP contribution in [0.25, 0.3) is 0 Å². The van der Waals surface area contributed by atoms with Crippen molar-refractivity contribution in [3.63, 3.8) is 0 Å². The first-order chi connectivity index (χ1) is 7.81. The standard InChI is InChI=1S/C11H17NO5.ClH/c1-11(2,3)17-10(15)12-4-5-16-8-6(7(8)12)9(13)14;/h6-8H,4-5H2,1-3H3,(H,13,14);1H/t6-,7-,8+;/m0./s1. The van der Waals surface area contributed by atoms with Gasteiger partial charge in [0.15, 0.2) is 0 Å². The third kappa shape index (κ3) is 2.87. The molecule has 1 heterocycles. The average molecular weight is 280 g/mol. The SMILES string of the molecule is CC(C)(C)OC(=O)N1CCO[C@@H]2[C@@H](C(=O)O)[C@@H]21.Cl. The van der Waals surface area contributed by atoms with Crippen molar-refractivity contribution < 1.29 is 24.2 Å². The Morgan fingerprint density at radius 3 is 2.50 bits per heavy atom. The van der Waals surface area contributed by atoms with E-state index in [1.165, 1.54) is 4.90 Å². The fourth-order valence-electron chi connectivity index (χ4n) is 2.10. The number of rotatable bonds is 1. The number of hydrogen-bond acceptors (Lipinski definition) is 4. The third-order valence-electron chi connectivity index (χ3n) is 2.83.